The molecule has 26 heavy (non-hydrogen) atoms. The van der Waals surface area contributed by atoms with Crippen LogP contribution in [0.1, 0.15) is 57.1 Å². The number of anilines is 2. The lowest BCUT2D eigenvalue weighted by Gasteiger charge is -2.17. The Balaban J connectivity index is 1.74. The van der Waals surface area contributed by atoms with Crippen molar-refractivity contribution in [1.82, 2.24) is 0 Å². The topological polar surface area (TPSA) is 49.4 Å². The van der Waals surface area contributed by atoms with Crippen LogP contribution in [-0.4, -0.2) is 17.9 Å². The number of amides is 2. The molecule has 4 heteroatoms. The van der Waals surface area contributed by atoms with Crippen molar-refractivity contribution in [2.24, 2.45) is 0 Å². The average Bonchev–Trinajstić information content (AvgIpc) is 2.89. The number of imide groups is 1. The zero-order valence-electron chi connectivity index (χ0n) is 15.8. The van der Waals surface area contributed by atoms with Crippen molar-refractivity contribution < 1.29 is 9.59 Å². The molecule has 0 saturated carbocycles. The number of nitrogens with one attached hydrogen (secondary N) is 1. The maximum absolute atomic E-state index is 12.8. The lowest BCUT2D eigenvalue weighted by molar-refractivity contribution is -0.121. The molecule has 1 N–H and O–H groups in total. The van der Waals surface area contributed by atoms with Gasteiger partial charge in [-0.3, -0.25) is 9.59 Å². The van der Waals surface area contributed by atoms with Crippen LogP contribution in [-0.2, 0) is 9.59 Å². The first kappa shape index (κ1) is 18.2. The lowest BCUT2D eigenvalue weighted by Crippen LogP contribution is -2.34. The van der Waals surface area contributed by atoms with Crippen LogP contribution in [0.4, 0.5) is 11.4 Å². The monoisotopic (exact) mass is 350 g/mol. The highest BCUT2D eigenvalue weighted by Crippen LogP contribution is 2.27. The average molecular weight is 350 g/mol. The Labute approximate surface area is 155 Å². The molecule has 1 aliphatic heterocycles. The standard InChI is InChI=1S/C22H26N2O2/c1-14(2)16-5-9-18(10-6-16)23-20-13-21(25)24(22(20)26)19-11-7-17(8-12-19)15(3)4/h5-12,14-15,20,23H,13H2,1-4H3. The van der Waals surface area contributed by atoms with Gasteiger partial charge in [-0.25, -0.2) is 4.90 Å². The third-order valence-corrected chi connectivity index (χ3v) is 4.88. The van der Waals surface area contributed by atoms with Crippen LogP contribution < -0.4 is 10.2 Å². The molecule has 1 fully saturated rings. The fourth-order valence-corrected chi connectivity index (χ4v) is 3.19. The third kappa shape index (κ3) is 3.64. The van der Waals surface area contributed by atoms with E-state index in [4.69, 9.17) is 0 Å². The summed E-state index contributed by atoms with van der Waals surface area (Å²) in [6, 6.07) is 15.2. The first-order valence-corrected chi connectivity index (χ1v) is 9.20. The molecule has 0 aromatic heterocycles. The van der Waals surface area contributed by atoms with E-state index in [-0.39, 0.29) is 18.2 Å². The van der Waals surface area contributed by atoms with Crippen LogP contribution in [0.25, 0.3) is 0 Å². The summed E-state index contributed by atoms with van der Waals surface area (Å²) in [5, 5.41) is 3.20. The van der Waals surface area contributed by atoms with Gasteiger partial charge in [0, 0.05) is 5.69 Å². The van der Waals surface area contributed by atoms with E-state index in [1.54, 1.807) is 0 Å². The number of nitrogens with zero attached hydrogens (tertiary/aromatic N) is 1. The number of carbonyl (C=O) groups is 2. The third-order valence-electron chi connectivity index (χ3n) is 4.88. The molecule has 1 aliphatic rings. The molecular formula is C22H26N2O2. The number of hydrogen-bond acceptors (Lipinski definition) is 3. The molecule has 3 rings (SSSR count). The van der Waals surface area contributed by atoms with E-state index in [1.165, 1.54) is 16.0 Å². The summed E-state index contributed by atoms with van der Waals surface area (Å²) in [6.45, 7) is 8.52. The summed E-state index contributed by atoms with van der Waals surface area (Å²) in [7, 11) is 0. The molecule has 0 aliphatic carbocycles. The highest BCUT2D eigenvalue weighted by molar-refractivity contribution is 6.23. The van der Waals surface area contributed by atoms with Gasteiger partial charge in [0.25, 0.3) is 5.91 Å². The first-order chi connectivity index (χ1) is 12.4. The smallest absolute Gasteiger partial charge is 0.256 e. The Morgan fingerprint density at radius 1 is 0.846 bits per heavy atom. The summed E-state index contributed by atoms with van der Waals surface area (Å²) in [5.41, 5.74) is 3.94. The van der Waals surface area contributed by atoms with Crippen LogP contribution in [0.2, 0.25) is 0 Å². The molecular weight excluding hydrogens is 324 g/mol. The van der Waals surface area contributed by atoms with Crippen molar-refractivity contribution in [3.8, 4) is 0 Å². The minimum atomic E-state index is -0.517. The van der Waals surface area contributed by atoms with Crippen LogP contribution in [0.15, 0.2) is 48.5 Å². The Kier molecular flexibility index (Phi) is 5.12. The minimum Gasteiger partial charge on any atom is -0.373 e. The zero-order chi connectivity index (χ0) is 18.8. The van der Waals surface area contributed by atoms with Gasteiger partial charge in [-0.1, -0.05) is 52.0 Å². The van der Waals surface area contributed by atoms with Crippen LogP contribution >= 0.6 is 0 Å². The lowest BCUT2D eigenvalue weighted by atomic mass is 10.0. The molecule has 0 radical (unpaired) electrons. The molecule has 0 spiro atoms. The van der Waals surface area contributed by atoms with Crippen molar-refractivity contribution in [3.05, 3.63) is 59.7 Å². The van der Waals surface area contributed by atoms with Crippen molar-refractivity contribution in [2.45, 2.75) is 52.0 Å². The van der Waals surface area contributed by atoms with Gasteiger partial charge in [-0.05, 0) is 47.2 Å². The molecule has 2 amide bonds. The zero-order valence-corrected chi connectivity index (χ0v) is 15.8. The Morgan fingerprint density at radius 2 is 1.35 bits per heavy atom. The number of hydrogen-bond donors (Lipinski definition) is 1. The summed E-state index contributed by atoms with van der Waals surface area (Å²) in [6.07, 6.45) is 0.177. The summed E-state index contributed by atoms with van der Waals surface area (Å²) >= 11 is 0. The fourth-order valence-electron chi connectivity index (χ4n) is 3.19. The Morgan fingerprint density at radius 3 is 1.85 bits per heavy atom. The van der Waals surface area contributed by atoms with Gasteiger partial charge in [0.15, 0.2) is 0 Å². The highest BCUT2D eigenvalue weighted by Gasteiger charge is 2.39. The van der Waals surface area contributed by atoms with Crippen molar-refractivity contribution in [1.29, 1.82) is 0 Å². The van der Waals surface area contributed by atoms with Crippen molar-refractivity contribution in [3.63, 3.8) is 0 Å². The van der Waals surface area contributed by atoms with Gasteiger partial charge < -0.3 is 5.32 Å². The van der Waals surface area contributed by atoms with Gasteiger partial charge in [-0.2, -0.15) is 0 Å². The molecule has 1 heterocycles. The van der Waals surface area contributed by atoms with Gasteiger partial charge in [0.05, 0.1) is 12.1 Å². The second-order valence-electron chi connectivity index (χ2n) is 7.49. The van der Waals surface area contributed by atoms with Crippen LogP contribution in [0.3, 0.4) is 0 Å². The van der Waals surface area contributed by atoms with E-state index in [0.29, 0.717) is 17.5 Å². The minimum absolute atomic E-state index is 0.163. The number of carbonyl (C=O) groups excluding carboxylic acids is 2. The molecule has 0 bridgehead atoms. The fraction of sp³-hybridized carbons (Fsp3) is 0.364. The van der Waals surface area contributed by atoms with Crippen molar-refractivity contribution >= 4 is 23.2 Å². The highest BCUT2D eigenvalue weighted by atomic mass is 16.2. The van der Waals surface area contributed by atoms with E-state index < -0.39 is 6.04 Å². The maximum atomic E-state index is 12.8. The normalized spacial score (nSPS) is 17.5. The summed E-state index contributed by atoms with van der Waals surface area (Å²) in [5.74, 6) is 0.518. The van der Waals surface area contributed by atoms with Gasteiger partial charge in [-0.15, -0.1) is 0 Å². The largest absolute Gasteiger partial charge is 0.373 e. The second kappa shape index (κ2) is 7.32. The number of rotatable bonds is 5. The Hall–Kier alpha value is -2.62. The number of benzene rings is 2. The molecule has 1 unspecified atom stereocenters. The summed E-state index contributed by atoms with van der Waals surface area (Å²) < 4.78 is 0. The molecule has 136 valence electrons. The Bertz CT molecular complexity index is 792. The van der Waals surface area contributed by atoms with E-state index in [9.17, 15) is 9.59 Å². The van der Waals surface area contributed by atoms with Gasteiger partial charge >= 0.3 is 0 Å². The van der Waals surface area contributed by atoms with Gasteiger partial charge in [0.2, 0.25) is 5.91 Å². The molecule has 1 saturated heterocycles. The predicted octanol–water partition coefficient (Wildman–Crippen LogP) is 4.68. The summed E-state index contributed by atoms with van der Waals surface area (Å²) in [4.78, 5) is 26.5. The van der Waals surface area contributed by atoms with Crippen LogP contribution in [0, 0.1) is 0 Å². The van der Waals surface area contributed by atoms with Crippen LogP contribution in [0.5, 0.6) is 0 Å². The van der Waals surface area contributed by atoms with E-state index in [0.717, 1.165) is 5.69 Å². The second-order valence-corrected chi connectivity index (χ2v) is 7.49. The molecule has 1 atom stereocenters. The quantitative estimate of drug-likeness (QED) is 0.797. The SMILES string of the molecule is CC(C)c1ccc(NC2CC(=O)N(c3ccc(C(C)C)cc3)C2=O)cc1. The van der Waals surface area contributed by atoms with Gasteiger partial charge in [0.1, 0.15) is 6.04 Å². The predicted molar refractivity (Wildman–Crippen MR) is 106 cm³/mol. The molecule has 2 aromatic rings. The molecule has 2 aromatic carbocycles. The van der Waals surface area contributed by atoms with E-state index in [1.807, 2.05) is 36.4 Å². The van der Waals surface area contributed by atoms with E-state index >= 15 is 0 Å². The van der Waals surface area contributed by atoms with E-state index in [2.05, 4.69) is 45.1 Å². The van der Waals surface area contributed by atoms with Crippen molar-refractivity contribution in [2.75, 3.05) is 10.2 Å². The maximum Gasteiger partial charge on any atom is 0.256 e. The molecule has 4 nitrogen and oxygen atoms in total. The first-order valence-electron chi connectivity index (χ1n) is 9.20.